The van der Waals surface area contributed by atoms with Gasteiger partial charge in [-0.1, -0.05) is 18.2 Å². The maximum absolute atomic E-state index is 13.5. The molecular formula is C18H22F3N5. The second-order valence-corrected chi connectivity index (χ2v) is 6.19. The molecule has 140 valence electrons. The Hall–Kier alpha value is -2.77. The van der Waals surface area contributed by atoms with E-state index in [1.54, 1.807) is 32.9 Å². The molecule has 0 fully saturated rings. The molecule has 0 saturated heterocycles. The van der Waals surface area contributed by atoms with E-state index >= 15 is 0 Å². The minimum Gasteiger partial charge on any atom is -0.370 e. The highest BCUT2D eigenvalue weighted by molar-refractivity contribution is 5.78. The molecule has 0 aliphatic carbocycles. The van der Waals surface area contributed by atoms with E-state index < -0.39 is 11.7 Å². The summed E-state index contributed by atoms with van der Waals surface area (Å²) < 4.78 is 42.0. The zero-order valence-corrected chi connectivity index (χ0v) is 15.0. The average molecular weight is 365 g/mol. The first-order chi connectivity index (χ1) is 12.1. The van der Waals surface area contributed by atoms with Crippen LogP contribution in [0.5, 0.6) is 0 Å². The molecule has 2 rings (SSSR count). The molecule has 0 spiro atoms. The van der Waals surface area contributed by atoms with Crippen molar-refractivity contribution >= 4 is 5.96 Å². The van der Waals surface area contributed by atoms with Crippen LogP contribution in [0.4, 0.5) is 13.2 Å². The van der Waals surface area contributed by atoms with Crippen LogP contribution in [0.25, 0.3) is 5.69 Å². The quantitative estimate of drug-likeness (QED) is 0.484. The summed E-state index contributed by atoms with van der Waals surface area (Å²) in [4.78, 5) is 3.98. The van der Waals surface area contributed by atoms with E-state index in [0.29, 0.717) is 12.2 Å². The second kappa shape index (κ2) is 7.63. The van der Waals surface area contributed by atoms with Crippen LogP contribution >= 0.6 is 0 Å². The molecule has 2 aromatic rings. The third-order valence-electron chi connectivity index (χ3n) is 3.64. The van der Waals surface area contributed by atoms with Crippen LogP contribution in [-0.4, -0.2) is 22.3 Å². The van der Waals surface area contributed by atoms with Gasteiger partial charge in [0, 0.05) is 12.2 Å². The second-order valence-electron chi connectivity index (χ2n) is 6.19. The number of hydrogen-bond donors (Lipinski definition) is 2. The Bertz CT molecular complexity index is 834. The average Bonchev–Trinajstić information content (AvgIpc) is 2.88. The third kappa shape index (κ3) is 4.87. The maximum atomic E-state index is 13.5. The highest BCUT2D eigenvalue weighted by Crippen LogP contribution is 2.34. The molecule has 5 nitrogen and oxygen atoms in total. The van der Waals surface area contributed by atoms with Gasteiger partial charge in [0.05, 0.1) is 23.5 Å². The minimum atomic E-state index is -4.50. The van der Waals surface area contributed by atoms with Crippen molar-refractivity contribution in [3.05, 3.63) is 58.9 Å². The van der Waals surface area contributed by atoms with Gasteiger partial charge in [-0.3, -0.25) is 0 Å². The van der Waals surface area contributed by atoms with Crippen LogP contribution in [0.3, 0.4) is 0 Å². The summed E-state index contributed by atoms with van der Waals surface area (Å²) in [5, 5.41) is 7.02. The van der Waals surface area contributed by atoms with Gasteiger partial charge in [0.25, 0.3) is 0 Å². The smallest absolute Gasteiger partial charge is 0.370 e. The van der Waals surface area contributed by atoms with E-state index in [4.69, 9.17) is 5.73 Å². The molecule has 3 N–H and O–H groups in total. The van der Waals surface area contributed by atoms with Gasteiger partial charge in [0.2, 0.25) is 0 Å². The summed E-state index contributed by atoms with van der Waals surface area (Å²) in [5.41, 5.74) is 7.66. The standard InChI is InChI=1S/C18H22F3N5/c1-11(2)9-23-17(22)24-10-14-5-6-15(8-16(14)18(19,20)21)26-13(4)7-12(3)25-26/h5-8H,1,9-10H2,2-4H3,(H3,22,23,24). The van der Waals surface area contributed by atoms with Crippen molar-refractivity contribution in [2.45, 2.75) is 33.5 Å². The van der Waals surface area contributed by atoms with Crippen molar-refractivity contribution < 1.29 is 13.2 Å². The van der Waals surface area contributed by atoms with Crippen molar-refractivity contribution in [1.29, 1.82) is 0 Å². The van der Waals surface area contributed by atoms with Crippen LogP contribution in [0.1, 0.15) is 29.4 Å². The van der Waals surface area contributed by atoms with Crippen LogP contribution in [0.15, 0.2) is 41.4 Å². The van der Waals surface area contributed by atoms with Gasteiger partial charge in [0.1, 0.15) is 0 Å². The number of benzene rings is 1. The molecule has 0 atom stereocenters. The number of hydrogen-bond acceptors (Lipinski definition) is 2. The fourth-order valence-corrected chi connectivity index (χ4v) is 2.46. The molecule has 0 aliphatic rings. The van der Waals surface area contributed by atoms with Crippen LogP contribution in [0, 0.1) is 13.8 Å². The maximum Gasteiger partial charge on any atom is 0.416 e. The summed E-state index contributed by atoms with van der Waals surface area (Å²) in [6.45, 7) is 9.33. The van der Waals surface area contributed by atoms with E-state index in [2.05, 4.69) is 22.0 Å². The predicted octanol–water partition coefficient (Wildman–Crippen LogP) is 3.49. The predicted molar refractivity (Wildman–Crippen MR) is 96.2 cm³/mol. The first-order valence-corrected chi connectivity index (χ1v) is 8.00. The van der Waals surface area contributed by atoms with Crippen molar-refractivity contribution in [2.24, 2.45) is 10.7 Å². The Balaban J connectivity index is 2.34. The zero-order chi connectivity index (χ0) is 19.5. The number of nitrogens with zero attached hydrogens (tertiary/aromatic N) is 3. The number of nitrogens with one attached hydrogen (secondary N) is 1. The molecule has 0 aliphatic heterocycles. The van der Waals surface area contributed by atoms with Gasteiger partial charge in [-0.05, 0) is 44.5 Å². The van der Waals surface area contributed by atoms with E-state index in [9.17, 15) is 13.2 Å². The van der Waals surface area contributed by atoms with Gasteiger partial charge in [-0.2, -0.15) is 18.3 Å². The van der Waals surface area contributed by atoms with Crippen LogP contribution in [-0.2, 0) is 12.7 Å². The molecule has 1 aromatic carbocycles. The van der Waals surface area contributed by atoms with E-state index in [1.165, 1.54) is 10.7 Å². The number of halogens is 3. The van der Waals surface area contributed by atoms with E-state index in [0.717, 1.165) is 23.0 Å². The van der Waals surface area contributed by atoms with Crippen LogP contribution < -0.4 is 11.1 Å². The van der Waals surface area contributed by atoms with Gasteiger partial charge in [-0.25, -0.2) is 9.67 Å². The molecule has 0 radical (unpaired) electrons. The molecule has 0 saturated carbocycles. The first kappa shape index (κ1) is 19.6. The number of aromatic nitrogens is 2. The summed E-state index contributed by atoms with van der Waals surface area (Å²) in [7, 11) is 0. The lowest BCUT2D eigenvalue weighted by Gasteiger charge is -2.14. The Morgan fingerprint density at radius 1 is 1.31 bits per heavy atom. The SMILES string of the molecule is C=C(C)CNC(N)=NCc1ccc(-n2nc(C)cc2C)cc1C(F)(F)F. The third-order valence-corrected chi connectivity index (χ3v) is 3.64. The van der Waals surface area contributed by atoms with Gasteiger partial charge >= 0.3 is 6.18 Å². The fourth-order valence-electron chi connectivity index (χ4n) is 2.46. The molecule has 26 heavy (non-hydrogen) atoms. The summed E-state index contributed by atoms with van der Waals surface area (Å²) in [5.74, 6) is 0.0729. The Morgan fingerprint density at radius 2 is 2.00 bits per heavy atom. The number of guanidine groups is 1. The zero-order valence-electron chi connectivity index (χ0n) is 15.0. The fraction of sp³-hybridized carbons (Fsp3) is 0.333. The first-order valence-electron chi connectivity index (χ1n) is 8.00. The van der Waals surface area contributed by atoms with Crippen LogP contribution in [0.2, 0.25) is 0 Å². The van der Waals surface area contributed by atoms with Crippen molar-refractivity contribution in [2.75, 3.05) is 6.54 Å². The van der Waals surface area contributed by atoms with Gasteiger partial charge in [0.15, 0.2) is 5.96 Å². The summed E-state index contributed by atoms with van der Waals surface area (Å²) in [6.07, 6.45) is -4.50. The molecule has 0 amide bonds. The lowest BCUT2D eigenvalue weighted by atomic mass is 10.1. The summed E-state index contributed by atoms with van der Waals surface area (Å²) in [6, 6.07) is 5.89. The van der Waals surface area contributed by atoms with E-state index in [1.807, 2.05) is 0 Å². The molecule has 1 aromatic heterocycles. The Labute approximate surface area is 150 Å². The molecule has 1 heterocycles. The van der Waals surface area contributed by atoms with E-state index in [-0.39, 0.29) is 18.1 Å². The minimum absolute atomic E-state index is 0.0443. The number of rotatable bonds is 5. The van der Waals surface area contributed by atoms with Crippen molar-refractivity contribution in [1.82, 2.24) is 15.1 Å². The molecule has 8 heteroatoms. The number of aliphatic imine (C=N–C) groups is 1. The highest BCUT2D eigenvalue weighted by atomic mass is 19.4. The lowest BCUT2D eigenvalue weighted by molar-refractivity contribution is -0.138. The van der Waals surface area contributed by atoms with Gasteiger partial charge < -0.3 is 11.1 Å². The topological polar surface area (TPSA) is 68.2 Å². The summed E-state index contributed by atoms with van der Waals surface area (Å²) >= 11 is 0. The number of alkyl halides is 3. The number of aryl methyl sites for hydroxylation is 2. The van der Waals surface area contributed by atoms with Crippen molar-refractivity contribution in [3.8, 4) is 5.69 Å². The Morgan fingerprint density at radius 3 is 2.54 bits per heavy atom. The van der Waals surface area contributed by atoms with Crippen molar-refractivity contribution in [3.63, 3.8) is 0 Å². The normalized spacial score (nSPS) is 12.3. The molecular weight excluding hydrogens is 343 g/mol. The molecule has 0 bridgehead atoms. The number of nitrogens with two attached hydrogens (primary N) is 1. The lowest BCUT2D eigenvalue weighted by Crippen LogP contribution is -2.32. The van der Waals surface area contributed by atoms with Gasteiger partial charge in [-0.15, -0.1) is 0 Å². The Kier molecular flexibility index (Phi) is 5.74. The molecule has 0 unspecified atom stereocenters. The monoisotopic (exact) mass is 365 g/mol. The largest absolute Gasteiger partial charge is 0.416 e. The highest BCUT2D eigenvalue weighted by Gasteiger charge is 2.33.